The van der Waals surface area contributed by atoms with Gasteiger partial charge in [0.1, 0.15) is 0 Å². The summed E-state index contributed by atoms with van der Waals surface area (Å²) in [5.74, 6) is 6.24. The second kappa shape index (κ2) is 6.38. The molecule has 6 unspecified atom stereocenters. The van der Waals surface area contributed by atoms with E-state index >= 15 is 0 Å². The van der Waals surface area contributed by atoms with Gasteiger partial charge in [0, 0.05) is 0 Å². The molecule has 23 heavy (non-hydrogen) atoms. The third kappa shape index (κ3) is 3.67. The Morgan fingerprint density at radius 3 is 2.22 bits per heavy atom. The van der Waals surface area contributed by atoms with Crippen molar-refractivity contribution in [2.24, 2.45) is 46.3 Å². The lowest BCUT2D eigenvalue weighted by molar-refractivity contribution is -0.0620. The molecule has 3 aliphatic rings. The SMILES string of the molecule is CCC(C)CCC1CC1C1CCC2C(C1)C(C)(C)CCC2(C)C. The molecule has 0 saturated heterocycles. The molecule has 0 radical (unpaired) electrons. The van der Waals surface area contributed by atoms with Crippen LogP contribution in [0.25, 0.3) is 0 Å². The van der Waals surface area contributed by atoms with Crippen LogP contribution in [0.15, 0.2) is 0 Å². The zero-order chi connectivity index (χ0) is 16.8. The molecule has 0 bridgehead atoms. The summed E-state index contributed by atoms with van der Waals surface area (Å²) in [5, 5.41) is 0. The van der Waals surface area contributed by atoms with Crippen molar-refractivity contribution in [2.45, 2.75) is 99.3 Å². The molecule has 0 heteroatoms. The van der Waals surface area contributed by atoms with E-state index in [0.29, 0.717) is 10.8 Å². The second-order valence-electron chi connectivity index (χ2n) is 11.0. The Labute approximate surface area is 146 Å². The lowest BCUT2D eigenvalue weighted by atomic mass is 9.49. The molecule has 3 saturated carbocycles. The first-order valence-corrected chi connectivity index (χ1v) is 10.7. The highest BCUT2D eigenvalue weighted by Gasteiger charge is 2.53. The maximum atomic E-state index is 2.58. The van der Waals surface area contributed by atoms with E-state index in [2.05, 4.69) is 41.5 Å². The average Bonchev–Trinajstić information content (AvgIpc) is 3.29. The van der Waals surface area contributed by atoms with E-state index in [1.165, 1.54) is 38.5 Å². The maximum Gasteiger partial charge on any atom is -0.0323 e. The van der Waals surface area contributed by atoms with Crippen molar-refractivity contribution in [1.29, 1.82) is 0 Å². The standard InChI is InChI=1S/C23H42/c1-7-16(2)8-9-17-14-19(17)18-10-11-20-21(15-18)23(5,6)13-12-22(20,3)4/h16-21H,7-15H2,1-6H3. The molecular weight excluding hydrogens is 276 g/mol. The van der Waals surface area contributed by atoms with Crippen LogP contribution in [-0.4, -0.2) is 0 Å². The van der Waals surface area contributed by atoms with E-state index in [0.717, 1.165) is 35.5 Å². The van der Waals surface area contributed by atoms with Gasteiger partial charge in [0.2, 0.25) is 0 Å². The Morgan fingerprint density at radius 2 is 1.57 bits per heavy atom. The summed E-state index contributed by atoms with van der Waals surface area (Å²) in [6.07, 6.45) is 13.5. The molecule has 0 heterocycles. The van der Waals surface area contributed by atoms with Gasteiger partial charge in [-0.25, -0.2) is 0 Å². The highest BCUT2D eigenvalue weighted by molar-refractivity contribution is 5.02. The van der Waals surface area contributed by atoms with Crippen LogP contribution in [-0.2, 0) is 0 Å². The zero-order valence-corrected chi connectivity index (χ0v) is 16.8. The smallest absolute Gasteiger partial charge is 0.0323 e. The topological polar surface area (TPSA) is 0 Å². The summed E-state index contributed by atoms with van der Waals surface area (Å²) in [6, 6.07) is 0. The van der Waals surface area contributed by atoms with E-state index in [4.69, 9.17) is 0 Å². The number of rotatable bonds is 5. The van der Waals surface area contributed by atoms with E-state index in [1.54, 1.807) is 19.3 Å². The minimum absolute atomic E-state index is 0.597. The Morgan fingerprint density at radius 1 is 0.913 bits per heavy atom. The molecule has 3 aliphatic carbocycles. The van der Waals surface area contributed by atoms with Crippen LogP contribution in [0.1, 0.15) is 99.3 Å². The van der Waals surface area contributed by atoms with Crippen LogP contribution in [0.3, 0.4) is 0 Å². The molecule has 0 amide bonds. The van der Waals surface area contributed by atoms with Gasteiger partial charge in [0.15, 0.2) is 0 Å². The first kappa shape index (κ1) is 17.8. The number of hydrogen-bond acceptors (Lipinski definition) is 0. The Kier molecular flexibility index (Phi) is 4.94. The summed E-state index contributed by atoms with van der Waals surface area (Å²) in [4.78, 5) is 0. The Bertz CT molecular complexity index is 404. The van der Waals surface area contributed by atoms with Gasteiger partial charge in [-0.2, -0.15) is 0 Å². The summed E-state index contributed by atoms with van der Waals surface area (Å²) in [5.41, 5.74) is 1.20. The predicted octanol–water partition coefficient (Wildman–Crippen LogP) is 7.33. The molecular formula is C23H42. The molecule has 0 aromatic carbocycles. The van der Waals surface area contributed by atoms with Crippen LogP contribution in [0.2, 0.25) is 0 Å². The van der Waals surface area contributed by atoms with Crippen LogP contribution in [0.5, 0.6) is 0 Å². The maximum absolute atomic E-state index is 2.58. The molecule has 0 aromatic heterocycles. The summed E-state index contributed by atoms with van der Waals surface area (Å²) >= 11 is 0. The Hall–Kier alpha value is 0. The fraction of sp³-hybridized carbons (Fsp3) is 1.00. The van der Waals surface area contributed by atoms with Crippen molar-refractivity contribution < 1.29 is 0 Å². The molecule has 0 nitrogen and oxygen atoms in total. The highest BCUT2D eigenvalue weighted by Crippen LogP contribution is 2.62. The lowest BCUT2D eigenvalue weighted by Crippen LogP contribution is -2.47. The average molecular weight is 319 g/mol. The van der Waals surface area contributed by atoms with Crippen LogP contribution >= 0.6 is 0 Å². The number of fused-ring (bicyclic) bond motifs is 1. The van der Waals surface area contributed by atoms with Gasteiger partial charge in [0.05, 0.1) is 0 Å². The van der Waals surface area contributed by atoms with Crippen molar-refractivity contribution in [3.8, 4) is 0 Å². The van der Waals surface area contributed by atoms with Gasteiger partial charge in [-0.15, -0.1) is 0 Å². The fourth-order valence-corrected chi connectivity index (χ4v) is 6.29. The summed E-state index contributed by atoms with van der Waals surface area (Å²) in [7, 11) is 0. The van der Waals surface area contributed by atoms with E-state index in [-0.39, 0.29) is 0 Å². The van der Waals surface area contributed by atoms with Gasteiger partial charge in [-0.3, -0.25) is 0 Å². The van der Waals surface area contributed by atoms with Gasteiger partial charge in [-0.05, 0) is 91.3 Å². The van der Waals surface area contributed by atoms with E-state index in [9.17, 15) is 0 Å². The first-order valence-electron chi connectivity index (χ1n) is 10.7. The van der Waals surface area contributed by atoms with Gasteiger partial charge < -0.3 is 0 Å². The monoisotopic (exact) mass is 318 g/mol. The predicted molar refractivity (Wildman–Crippen MR) is 101 cm³/mol. The molecule has 0 aromatic rings. The highest BCUT2D eigenvalue weighted by atomic mass is 14.6. The van der Waals surface area contributed by atoms with E-state index < -0.39 is 0 Å². The molecule has 3 fully saturated rings. The first-order chi connectivity index (χ1) is 10.7. The summed E-state index contributed by atoms with van der Waals surface area (Å²) in [6.45, 7) is 15.1. The fourth-order valence-electron chi connectivity index (χ4n) is 6.29. The van der Waals surface area contributed by atoms with Crippen molar-refractivity contribution >= 4 is 0 Å². The number of hydrogen-bond donors (Lipinski definition) is 0. The second-order valence-corrected chi connectivity index (χ2v) is 11.0. The van der Waals surface area contributed by atoms with Gasteiger partial charge in [0.25, 0.3) is 0 Å². The van der Waals surface area contributed by atoms with Crippen LogP contribution in [0.4, 0.5) is 0 Å². The van der Waals surface area contributed by atoms with Crippen molar-refractivity contribution in [3.05, 3.63) is 0 Å². The molecule has 134 valence electrons. The normalized spacial score (nSPS) is 42.8. The largest absolute Gasteiger partial charge is 0.0651 e. The Balaban J connectivity index is 1.57. The van der Waals surface area contributed by atoms with Crippen LogP contribution < -0.4 is 0 Å². The molecule has 6 atom stereocenters. The summed E-state index contributed by atoms with van der Waals surface area (Å²) < 4.78 is 0. The molecule has 3 rings (SSSR count). The molecule has 0 aliphatic heterocycles. The van der Waals surface area contributed by atoms with Crippen molar-refractivity contribution in [1.82, 2.24) is 0 Å². The molecule has 0 N–H and O–H groups in total. The lowest BCUT2D eigenvalue weighted by Gasteiger charge is -2.56. The van der Waals surface area contributed by atoms with Gasteiger partial charge in [-0.1, -0.05) is 54.4 Å². The van der Waals surface area contributed by atoms with Crippen LogP contribution in [0, 0.1) is 46.3 Å². The quantitative estimate of drug-likeness (QED) is 0.498. The van der Waals surface area contributed by atoms with Crippen molar-refractivity contribution in [3.63, 3.8) is 0 Å². The minimum atomic E-state index is 0.597. The third-order valence-corrected chi connectivity index (χ3v) is 8.62. The molecule has 0 spiro atoms. The zero-order valence-electron chi connectivity index (χ0n) is 16.8. The van der Waals surface area contributed by atoms with Crippen molar-refractivity contribution in [2.75, 3.05) is 0 Å². The van der Waals surface area contributed by atoms with E-state index in [1.807, 2.05) is 0 Å². The van der Waals surface area contributed by atoms with Gasteiger partial charge >= 0.3 is 0 Å². The third-order valence-electron chi connectivity index (χ3n) is 8.62. The minimum Gasteiger partial charge on any atom is -0.0651 e.